The Kier molecular flexibility index (Phi) is 8.31. The molecule has 0 aliphatic carbocycles. The van der Waals surface area contributed by atoms with Crippen LogP contribution in [0.5, 0.6) is 11.5 Å². The predicted octanol–water partition coefficient (Wildman–Crippen LogP) is 6.66. The molecule has 0 atom stereocenters. The van der Waals surface area contributed by atoms with E-state index in [2.05, 4.69) is 5.32 Å². The molecule has 0 aliphatic rings. The van der Waals surface area contributed by atoms with Crippen molar-refractivity contribution in [3.05, 3.63) is 93.2 Å². The molecule has 33 heavy (non-hydrogen) atoms. The Morgan fingerprint density at radius 3 is 2.48 bits per heavy atom. The quantitative estimate of drug-likeness (QED) is 0.286. The second-order valence-corrected chi connectivity index (χ2v) is 7.64. The first kappa shape index (κ1) is 24.1. The highest BCUT2D eigenvalue weighted by atomic mass is 35.5. The number of amides is 1. The van der Waals surface area contributed by atoms with Gasteiger partial charge in [0.25, 0.3) is 5.91 Å². The molecule has 0 aliphatic heterocycles. The molecule has 3 rings (SSSR count). The van der Waals surface area contributed by atoms with Gasteiger partial charge in [-0.25, -0.2) is 4.39 Å². The summed E-state index contributed by atoms with van der Waals surface area (Å²) in [5, 5.41) is 13.0. The number of carbonyl (C=O) groups is 1. The van der Waals surface area contributed by atoms with E-state index in [1.165, 1.54) is 30.3 Å². The fraction of sp³-hybridized carbons (Fsp3) is 0.120. The fourth-order valence-corrected chi connectivity index (χ4v) is 3.31. The summed E-state index contributed by atoms with van der Waals surface area (Å²) in [7, 11) is 0. The number of hydrogen-bond acceptors (Lipinski definition) is 4. The van der Waals surface area contributed by atoms with Crippen molar-refractivity contribution in [2.24, 2.45) is 0 Å². The maximum atomic E-state index is 13.0. The van der Waals surface area contributed by atoms with Gasteiger partial charge in [0.05, 0.1) is 6.61 Å². The number of rotatable bonds is 8. The number of halogens is 3. The molecular formula is C25H19Cl2FN2O3. The SMILES string of the molecule is CCOc1cc(/C=C(/C#N)C(=O)Nc2ccc(F)cc2)ccc1OCc1ccc(Cl)cc1Cl. The van der Waals surface area contributed by atoms with Crippen LogP contribution in [0.3, 0.4) is 0 Å². The van der Waals surface area contributed by atoms with Crippen LogP contribution in [0.4, 0.5) is 10.1 Å². The number of carbonyl (C=O) groups excluding carboxylic acids is 1. The highest BCUT2D eigenvalue weighted by Crippen LogP contribution is 2.31. The van der Waals surface area contributed by atoms with E-state index in [9.17, 15) is 14.4 Å². The van der Waals surface area contributed by atoms with Crippen molar-refractivity contribution in [2.45, 2.75) is 13.5 Å². The summed E-state index contributed by atoms with van der Waals surface area (Å²) >= 11 is 12.1. The van der Waals surface area contributed by atoms with Crippen LogP contribution in [0, 0.1) is 17.1 Å². The zero-order chi connectivity index (χ0) is 23.8. The van der Waals surface area contributed by atoms with E-state index in [-0.39, 0.29) is 12.2 Å². The summed E-state index contributed by atoms with van der Waals surface area (Å²) < 4.78 is 24.6. The minimum absolute atomic E-state index is 0.122. The molecule has 0 spiro atoms. The van der Waals surface area contributed by atoms with Crippen molar-refractivity contribution >= 4 is 40.9 Å². The predicted molar refractivity (Wildman–Crippen MR) is 127 cm³/mol. The standard InChI is InChI=1S/C25H19Cl2FN2O3/c1-2-32-24-12-16(3-10-23(24)33-15-17-4-5-19(26)13-22(17)27)11-18(14-29)25(31)30-21-8-6-20(28)7-9-21/h3-13H,2,15H2,1H3,(H,30,31)/b18-11-. The third kappa shape index (κ3) is 6.72. The lowest BCUT2D eigenvalue weighted by Gasteiger charge is -2.13. The van der Waals surface area contributed by atoms with Crippen LogP contribution < -0.4 is 14.8 Å². The smallest absolute Gasteiger partial charge is 0.266 e. The Balaban J connectivity index is 1.78. The summed E-state index contributed by atoms with van der Waals surface area (Å²) in [4.78, 5) is 12.5. The van der Waals surface area contributed by atoms with Gasteiger partial charge in [-0.3, -0.25) is 4.79 Å². The van der Waals surface area contributed by atoms with Crippen LogP contribution in [0.2, 0.25) is 10.0 Å². The van der Waals surface area contributed by atoms with E-state index in [0.717, 1.165) is 5.56 Å². The second kappa shape index (κ2) is 11.4. The minimum Gasteiger partial charge on any atom is -0.490 e. The molecule has 8 heteroatoms. The molecule has 0 saturated carbocycles. The van der Waals surface area contributed by atoms with Gasteiger partial charge < -0.3 is 14.8 Å². The molecule has 0 unspecified atom stereocenters. The van der Waals surface area contributed by atoms with Gasteiger partial charge in [0, 0.05) is 21.3 Å². The first-order chi connectivity index (χ1) is 15.9. The topological polar surface area (TPSA) is 71.3 Å². The van der Waals surface area contributed by atoms with Crippen molar-refractivity contribution in [1.82, 2.24) is 0 Å². The molecular weight excluding hydrogens is 466 g/mol. The van der Waals surface area contributed by atoms with Crippen LogP contribution in [0.15, 0.2) is 66.2 Å². The molecule has 0 heterocycles. The van der Waals surface area contributed by atoms with Crippen LogP contribution in [0.1, 0.15) is 18.1 Å². The van der Waals surface area contributed by atoms with Crippen molar-refractivity contribution < 1.29 is 18.7 Å². The zero-order valence-electron chi connectivity index (χ0n) is 17.6. The van der Waals surface area contributed by atoms with Crippen molar-refractivity contribution in [1.29, 1.82) is 5.26 Å². The van der Waals surface area contributed by atoms with E-state index < -0.39 is 11.7 Å². The Hall–Kier alpha value is -3.53. The lowest BCUT2D eigenvalue weighted by atomic mass is 10.1. The van der Waals surface area contributed by atoms with Crippen LogP contribution >= 0.6 is 23.2 Å². The van der Waals surface area contributed by atoms with Gasteiger partial charge in [-0.2, -0.15) is 5.26 Å². The third-order valence-corrected chi connectivity index (χ3v) is 5.03. The Labute approximate surface area is 201 Å². The van der Waals surface area contributed by atoms with Crippen molar-refractivity contribution in [3.63, 3.8) is 0 Å². The molecule has 3 aromatic rings. The number of anilines is 1. The second-order valence-electron chi connectivity index (χ2n) is 6.79. The molecule has 0 aromatic heterocycles. The summed E-state index contributed by atoms with van der Waals surface area (Å²) in [6, 6.07) is 17.3. The van der Waals surface area contributed by atoms with Gasteiger partial charge in [0.15, 0.2) is 11.5 Å². The molecule has 0 radical (unpaired) electrons. The largest absolute Gasteiger partial charge is 0.490 e. The summed E-state index contributed by atoms with van der Waals surface area (Å²) in [5.41, 5.74) is 1.59. The summed E-state index contributed by atoms with van der Waals surface area (Å²) in [5.74, 6) is -0.102. The number of benzene rings is 3. The van der Waals surface area contributed by atoms with Crippen LogP contribution in [-0.2, 0) is 11.4 Å². The number of ether oxygens (including phenoxy) is 2. The van der Waals surface area contributed by atoms with Gasteiger partial charge in [-0.05, 0) is 67.1 Å². The van der Waals surface area contributed by atoms with Crippen molar-refractivity contribution in [2.75, 3.05) is 11.9 Å². The molecule has 3 aromatic carbocycles. The fourth-order valence-electron chi connectivity index (χ4n) is 2.84. The van der Waals surface area contributed by atoms with E-state index in [1.807, 2.05) is 13.0 Å². The highest BCUT2D eigenvalue weighted by molar-refractivity contribution is 6.35. The molecule has 168 valence electrons. The van der Waals surface area contributed by atoms with Gasteiger partial charge >= 0.3 is 0 Å². The summed E-state index contributed by atoms with van der Waals surface area (Å²) in [6.45, 7) is 2.43. The maximum absolute atomic E-state index is 13.0. The van der Waals surface area contributed by atoms with E-state index in [1.54, 1.807) is 36.4 Å². The van der Waals surface area contributed by atoms with E-state index in [4.69, 9.17) is 32.7 Å². The van der Waals surface area contributed by atoms with Gasteiger partial charge in [-0.1, -0.05) is 35.3 Å². The highest BCUT2D eigenvalue weighted by Gasteiger charge is 2.12. The Morgan fingerprint density at radius 2 is 1.82 bits per heavy atom. The average Bonchev–Trinajstić information content (AvgIpc) is 2.79. The number of nitrogens with one attached hydrogen (secondary N) is 1. The first-order valence-corrected chi connectivity index (χ1v) is 10.7. The van der Waals surface area contributed by atoms with Crippen LogP contribution in [-0.4, -0.2) is 12.5 Å². The van der Waals surface area contributed by atoms with Crippen molar-refractivity contribution in [3.8, 4) is 17.6 Å². The molecule has 5 nitrogen and oxygen atoms in total. The first-order valence-electron chi connectivity index (χ1n) is 9.92. The zero-order valence-corrected chi connectivity index (χ0v) is 19.1. The minimum atomic E-state index is -0.611. The molecule has 0 saturated heterocycles. The third-order valence-electron chi connectivity index (χ3n) is 4.44. The molecule has 0 fully saturated rings. The van der Waals surface area contributed by atoms with E-state index in [0.29, 0.717) is 39.4 Å². The maximum Gasteiger partial charge on any atom is 0.266 e. The Morgan fingerprint density at radius 1 is 1.06 bits per heavy atom. The van der Waals surface area contributed by atoms with Crippen LogP contribution in [0.25, 0.3) is 6.08 Å². The normalized spacial score (nSPS) is 10.9. The molecule has 1 N–H and O–H groups in total. The molecule has 1 amide bonds. The average molecular weight is 485 g/mol. The monoisotopic (exact) mass is 484 g/mol. The summed E-state index contributed by atoms with van der Waals surface area (Å²) in [6.07, 6.45) is 1.43. The molecule has 0 bridgehead atoms. The van der Waals surface area contributed by atoms with Gasteiger partial charge in [0.1, 0.15) is 24.1 Å². The van der Waals surface area contributed by atoms with Gasteiger partial charge in [-0.15, -0.1) is 0 Å². The number of hydrogen-bond donors (Lipinski definition) is 1. The lowest BCUT2D eigenvalue weighted by molar-refractivity contribution is -0.112. The number of nitrogens with zero attached hydrogens (tertiary/aromatic N) is 1. The Bertz CT molecular complexity index is 1220. The van der Waals surface area contributed by atoms with E-state index >= 15 is 0 Å². The van der Waals surface area contributed by atoms with Gasteiger partial charge in [0.2, 0.25) is 0 Å². The lowest BCUT2D eigenvalue weighted by Crippen LogP contribution is -2.13. The number of nitriles is 1.